The lowest BCUT2D eigenvalue weighted by atomic mass is 10.0. The molecule has 3 aromatic rings. The summed E-state index contributed by atoms with van der Waals surface area (Å²) in [6.45, 7) is 1.38. The Kier molecular flexibility index (Phi) is 3.66. The Balaban J connectivity index is 2.29. The molecule has 0 bridgehead atoms. The van der Waals surface area contributed by atoms with Crippen molar-refractivity contribution in [3.05, 3.63) is 76.6 Å². The first kappa shape index (κ1) is 13.9. The molecule has 0 aliphatic rings. The summed E-state index contributed by atoms with van der Waals surface area (Å²) in [5.74, 6) is 0.154. The van der Waals surface area contributed by atoms with Gasteiger partial charge in [-0.25, -0.2) is 4.98 Å². The summed E-state index contributed by atoms with van der Waals surface area (Å²) >= 11 is 0. The van der Waals surface area contributed by atoms with Crippen molar-refractivity contribution < 1.29 is 4.79 Å². The first-order chi connectivity index (χ1) is 10.7. The average Bonchev–Trinajstić information content (AvgIpc) is 2.55. The van der Waals surface area contributed by atoms with Crippen molar-refractivity contribution in [1.82, 2.24) is 9.97 Å². The van der Waals surface area contributed by atoms with Crippen LogP contribution in [0.2, 0.25) is 0 Å². The summed E-state index contributed by atoms with van der Waals surface area (Å²) in [6.07, 6.45) is 0. The van der Waals surface area contributed by atoms with Crippen LogP contribution < -0.4 is 5.56 Å². The molecule has 0 saturated carbocycles. The lowest BCUT2D eigenvalue weighted by Crippen LogP contribution is -2.20. The molecular formula is C18H14N2O2. The minimum atomic E-state index is -0.416. The van der Waals surface area contributed by atoms with Gasteiger partial charge in [0.15, 0.2) is 5.78 Å². The third-order valence-electron chi connectivity index (χ3n) is 3.37. The Labute approximate surface area is 127 Å². The number of aromatic nitrogens is 2. The SMILES string of the molecule is CC(=O)c1c(-c2ccccc2)nc(-c2ccccc2)[nH]c1=O. The summed E-state index contributed by atoms with van der Waals surface area (Å²) in [5.41, 5.74) is 1.63. The Morgan fingerprint density at radius 2 is 1.45 bits per heavy atom. The molecule has 22 heavy (non-hydrogen) atoms. The van der Waals surface area contributed by atoms with Gasteiger partial charge in [-0.15, -0.1) is 0 Å². The molecule has 4 nitrogen and oxygen atoms in total. The van der Waals surface area contributed by atoms with Gasteiger partial charge in [-0.1, -0.05) is 60.7 Å². The van der Waals surface area contributed by atoms with Crippen LogP contribution in [-0.2, 0) is 0 Å². The van der Waals surface area contributed by atoms with E-state index in [1.54, 1.807) is 0 Å². The molecule has 3 rings (SSSR count). The molecule has 1 aromatic heterocycles. The van der Waals surface area contributed by atoms with Crippen LogP contribution in [0.25, 0.3) is 22.6 Å². The van der Waals surface area contributed by atoms with E-state index in [4.69, 9.17) is 0 Å². The topological polar surface area (TPSA) is 62.8 Å². The van der Waals surface area contributed by atoms with Gasteiger partial charge in [0.2, 0.25) is 0 Å². The van der Waals surface area contributed by atoms with Crippen molar-refractivity contribution in [3.8, 4) is 22.6 Å². The zero-order chi connectivity index (χ0) is 15.5. The number of hydrogen-bond acceptors (Lipinski definition) is 3. The number of carbonyl (C=O) groups is 1. The fraction of sp³-hybridized carbons (Fsp3) is 0.0556. The van der Waals surface area contributed by atoms with E-state index in [1.807, 2.05) is 60.7 Å². The minimum absolute atomic E-state index is 0.0888. The summed E-state index contributed by atoms with van der Waals surface area (Å²) < 4.78 is 0. The third-order valence-corrected chi connectivity index (χ3v) is 3.37. The van der Waals surface area contributed by atoms with Crippen LogP contribution in [0.15, 0.2) is 65.5 Å². The van der Waals surface area contributed by atoms with Crippen LogP contribution in [0.4, 0.5) is 0 Å². The molecule has 0 unspecified atom stereocenters. The standard InChI is InChI=1S/C18H14N2O2/c1-12(21)15-16(13-8-4-2-5-9-13)19-17(20-18(15)22)14-10-6-3-7-11-14/h2-11H,1H3,(H,19,20,22). The van der Waals surface area contributed by atoms with Crippen molar-refractivity contribution in [2.24, 2.45) is 0 Å². The van der Waals surface area contributed by atoms with E-state index < -0.39 is 5.56 Å². The van der Waals surface area contributed by atoms with Crippen LogP contribution in [0.3, 0.4) is 0 Å². The third kappa shape index (κ3) is 2.59. The number of Topliss-reactive ketones (excluding diaryl/α,β-unsaturated/α-hetero) is 1. The number of nitrogens with zero attached hydrogens (tertiary/aromatic N) is 1. The highest BCUT2D eigenvalue weighted by molar-refractivity contribution is 5.99. The number of H-pyrrole nitrogens is 1. The molecular weight excluding hydrogens is 276 g/mol. The van der Waals surface area contributed by atoms with Crippen molar-refractivity contribution >= 4 is 5.78 Å². The molecule has 0 atom stereocenters. The second-order valence-corrected chi connectivity index (χ2v) is 4.93. The fourth-order valence-electron chi connectivity index (χ4n) is 2.34. The molecule has 0 saturated heterocycles. The second-order valence-electron chi connectivity index (χ2n) is 4.93. The van der Waals surface area contributed by atoms with E-state index in [9.17, 15) is 9.59 Å². The zero-order valence-electron chi connectivity index (χ0n) is 12.0. The summed E-state index contributed by atoms with van der Waals surface area (Å²) in [4.78, 5) is 31.4. The monoisotopic (exact) mass is 290 g/mol. The quantitative estimate of drug-likeness (QED) is 0.753. The molecule has 0 radical (unpaired) electrons. The minimum Gasteiger partial charge on any atom is -0.306 e. The number of aromatic amines is 1. The molecule has 4 heteroatoms. The van der Waals surface area contributed by atoms with Crippen molar-refractivity contribution in [3.63, 3.8) is 0 Å². The summed E-state index contributed by atoms with van der Waals surface area (Å²) in [6, 6.07) is 18.6. The first-order valence-corrected chi connectivity index (χ1v) is 6.93. The largest absolute Gasteiger partial charge is 0.306 e. The Bertz CT molecular complexity index is 869. The maximum atomic E-state index is 12.3. The van der Waals surface area contributed by atoms with Crippen LogP contribution in [0, 0.1) is 0 Å². The summed E-state index contributed by atoms with van der Waals surface area (Å²) in [7, 11) is 0. The molecule has 0 fully saturated rings. The van der Waals surface area contributed by atoms with Gasteiger partial charge in [0, 0.05) is 11.1 Å². The maximum Gasteiger partial charge on any atom is 0.262 e. The van der Waals surface area contributed by atoms with Gasteiger partial charge in [-0.2, -0.15) is 0 Å². The van der Waals surface area contributed by atoms with Crippen molar-refractivity contribution in [1.29, 1.82) is 0 Å². The smallest absolute Gasteiger partial charge is 0.262 e. The van der Waals surface area contributed by atoms with E-state index in [1.165, 1.54) is 6.92 Å². The van der Waals surface area contributed by atoms with Crippen LogP contribution >= 0.6 is 0 Å². The van der Waals surface area contributed by atoms with E-state index in [0.717, 1.165) is 11.1 Å². The highest BCUT2D eigenvalue weighted by atomic mass is 16.1. The van der Waals surface area contributed by atoms with Gasteiger partial charge >= 0.3 is 0 Å². The maximum absolute atomic E-state index is 12.3. The highest BCUT2D eigenvalue weighted by Gasteiger charge is 2.17. The van der Waals surface area contributed by atoms with E-state index in [0.29, 0.717) is 11.5 Å². The molecule has 1 heterocycles. The molecule has 2 aromatic carbocycles. The normalized spacial score (nSPS) is 10.4. The van der Waals surface area contributed by atoms with E-state index in [-0.39, 0.29) is 11.3 Å². The zero-order valence-corrected chi connectivity index (χ0v) is 12.0. The van der Waals surface area contributed by atoms with Gasteiger partial charge in [-0.3, -0.25) is 9.59 Å². The van der Waals surface area contributed by atoms with Gasteiger partial charge in [0.1, 0.15) is 11.4 Å². The number of ketones is 1. The summed E-state index contributed by atoms with van der Waals surface area (Å²) in [5, 5.41) is 0. The predicted molar refractivity (Wildman–Crippen MR) is 85.7 cm³/mol. The van der Waals surface area contributed by atoms with Crippen LogP contribution in [0.1, 0.15) is 17.3 Å². The molecule has 0 aliphatic heterocycles. The number of benzene rings is 2. The molecule has 0 amide bonds. The Morgan fingerprint density at radius 1 is 0.909 bits per heavy atom. The van der Waals surface area contributed by atoms with E-state index in [2.05, 4.69) is 9.97 Å². The van der Waals surface area contributed by atoms with Gasteiger partial charge in [0.25, 0.3) is 5.56 Å². The van der Waals surface area contributed by atoms with Gasteiger partial charge in [-0.05, 0) is 6.92 Å². The number of hydrogen-bond donors (Lipinski definition) is 1. The highest BCUT2D eigenvalue weighted by Crippen LogP contribution is 2.22. The molecule has 0 spiro atoms. The molecule has 1 N–H and O–H groups in total. The number of nitrogens with one attached hydrogen (secondary N) is 1. The Hall–Kier alpha value is -3.01. The first-order valence-electron chi connectivity index (χ1n) is 6.93. The lowest BCUT2D eigenvalue weighted by Gasteiger charge is -2.09. The van der Waals surface area contributed by atoms with Crippen LogP contribution in [0.5, 0.6) is 0 Å². The fourth-order valence-corrected chi connectivity index (χ4v) is 2.34. The second kappa shape index (κ2) is 5.77. The van der Waals surface area contributed by atoms with Crippen LogP contribution in [-0.4, -0.2) is 15.8 Å². The van der Waals surface area contributed by atoms with E-state index >= 15 is 0 Å². The average molecular weight is 290 g/mol. The number of rotatable bonds is 3. The molecule has 108 valence electrons. The predicted octanol–water partition coefficient (Wildman–Crippen LogP) is 3.31. The lowest BCUT2D eigenvalue weighted by molar-refractivity contribution is 0.101. The Morgan fingerprint density at radius 3 is 2.00 bits per heavy atom. The number of carbonyl (C=O) groups excluding carboxylic acids is 1. The van der Waals surface area contributed by atoms with Gasteiger partial charge in [0.05, 0.1) is 5.69 Å². The van der Waals surface area contributed by atoms with Gasteiger partial charge < -0.3 is 4.98 Å². The van der Waals surface area contributed by atoms with Crippen molar-refractivity contribution in [2.45, 2.75) is 6.92 Å². The van der Waals surface area contributed by atoms with Crippen molar-refractivity contribution in [2.75, 3.05) is 0 Å². The molecule has 0 aliphatic carbocycles.